The topological polar surface area (TPSA) is 89.0 Å². The van der Waals surface area contributed by atoms with Crippen LogP contribution in [0, 0.1) is 20.8 Å². The molecule has 2 heterocycles. The van der Waals surface area contributed by atoms with E-state index in [1.54, 1.807) is 56.7 Å². The van der Waals surface area contributed by atoms with E-state index < -0.39 is 17.7 Å². The van der Waals surface area contributed by atoms with Gasteiger partial charge >= 0.3 is 5.91 Å². The Balaban J connectivity index is 1.75. The van der Waals surface area contributed by atoms with E-state index in [1.807, 2.05) is 32.9 Å². The van der Waals surface area contributed by atoms with Crippen LogP contribution < -0.4 is 14.4 Å². The number of ether oxygens (including phenoxy) is 2. The Hall–Kier alpha value is -4.17. The Morgan fingerprint density at radius 3 is 2.46 bits per heavy atom. The number of fused-ring (bicyclic) bond motifs is 1. The van der Waals surface area contributed by atoms with Crippen molar-refractivity contribution in [3.8, 4) is 11.5 Å². The molecule has 1 aliphatic heterocycles. The quantitative estimate of drug-likeness (QED) is 0.204. The van der Waals surface area contributed by atoms with Crippen LogP contribution in [-0.4, -0.2) is 36.0 Å². The maximum absolute atomic E-state index is 13.5. The number of ketones is 1. The van der Waals surface area contributed by atoms with Crippen molar-refractivity contribution in [1.82, 2.24) is 4.98 Å². The van der Waals surface area contributed by atoms with Crippen LogP contribution in [-0.2, 0) is 9.59 Å². The van der Waals surface area contributed by atoms with Gasteiger partial charge in [-0.1, -0.05) is 29.5 Å². The molecule has 1 atom stereocenters. The van der Waals surface area contributed by atoms with E-state index in [-0.39, 0.29) is 11.3 Å². The fourth-order valence-electron chi connectivity index (χ4n) is 4.80. The van der Waals surface area contributed by atoms with Gasteiger partial charge in [-0.05, 0) is 79.4 Å². The van der Waals surface area contributed by atoms with Gasteiger partial charge in [0, 0.05) is 5.56 Å². The summed E-state index contributed by atoms with van der Waals surface area (Å²) in [6.07, 6.45) is 0. The molecule has 37 heavy (non-hydrogen) atoms. The zero-order valence-electron chi connectivity index (χ0n) is 21.2. The first-order chi connectivity index (χ1) is 17.7. The van der Waals surface area contributed by atoms with Gasteiger partial charge < -0.3 is 14.6 Å². The second-order valence-corrected chi connectivity index (χ2v) is 10.1. The number of aliphatic hydroxyl groups is 1. The molecule has 0 aliphatic carbocycles. The van der Waals surface area contributed by atoms with Crippen LogP contribution in [0.4, 0.5) is 5.13 Å². The Bertz CT molecular complexity index is 1600. The van der Waals surface area contributed by atoms with Gasteiger partial charge in [-0.3, -0.25) is 14.5 Å². The number of hydrogen-bond donors (Lipinski definition) is 1. The number of aromatic nitrogens is 1. The Morgan fingerprint density at radius 1 is 0.973 bits per heavy atom. The monoisotopic (exact) mass is 514 g/mol. The van der Waals surface area contributed by atoms with Gasteiger partial charge in [0.25, 0.3) is 5.78 Å². The molecule has 8 heteroatoms. The van der Waals surface area contributed by atoms with Gasteiger partial charge in [-0.2, -0.15) is 0 Å². The zero-order valence-corrected chi connectivity index (χ0v) is 22.0. The van der Waals surface area contributed by atoms with Crippen LogP contribution in [0.2, 0.25) is 0 Å². The third-order valence-corrected chi connectivity index (χ3v) is 7.55. The van der Waals surface area contributed by atoms with Crippen molar-refractivity contribution in [3.63, 3.8) is 0 Å². The van der Waals surface area contributed by atoms with Crippen molar-refractivity contribution in [2.24, 2.45) is 0 Å². The number of nitrogens with zero attached hydrogens (tertiary/aromatic N) is 2. The van der Waals surface area contributed by atoms with Crippen LogP contribution in [0.3, 0.4) is 0 Å². The lowest BCUT2D eigenvalue weighted by Crippen LogP contribution is -2.29. The van der Waals surface area contributed by atoms with Crippen LogP contribution >= 0.6 is 11.3 Å². The number of benzene rings is 3. The SMILES string of the molecule is COc1cccc([C@@H]2C(=C(O)c3ccc(OC)c(C)c3)C(=O)C(=O)N2c2nc3c(C)cc(C)cc3s2)c1. The molecule has 7 nitrogen and oxygen atoms in total. The Labute approximate surface area is 218 Å². The first-order valence-electron chi connectivity index (χ1n) is 11.7. The molecule has 0 bridgehead atoms. The van der Waals surface area contributed by atoms with E-state index in [1.165, 1.54) is 16.2 Å². The molecule has 1 aromatic heterocycles. The summed E-state index contributed by atoms with van der Waals surface area (Å²) in [5.41, 5.74) is 4.67. The van der Waals surface area contributed by atoms with E-state index >= 15 is 0 Å². The third-order valence-electron chi connectivity index (χ3n) is 6.55. The number of aliphatic hydroxyl groups excluding tert-OH is 1. The summed E-state index contributed by atoms with van der Waals surface area (Å²) in [5, 5.41) is 11.8. The van der Waals surface area contributed by atoms with Gasteiger partial charge in [-0.15, -0.1) is 0 Å². The molecule has 0 saturated carbocycles. The van der Waals surface area contributed by atoms with Gasteiger partial charge in [0.15, 0.2) is 5.13 Å². The maximum Gasteiger partial charge on any atom is 0.301 e. The summed E-state index contributed by atoms with van der Waals surface area (Å²) >= 11 is 1.34. The lowest BCUT2D eigenvalue weighted by Gasteiger charge is -2.23. The van der Waals surface area contributed by atoms with Gasteiger partial charge in [0.1, 0.15) is 17.3 Å². The van der Waals surface area contributed by atoms with E-state index in [9.17, 15) is 14.7 Å². The lowest BCUT2D eigenvalue weighted by atomic mass is 9.94. The van der Waals surface area contributed by atoms with E-state index in [4.69, 9.17) is 14.5 Å². The molecule has 1 aliphatic rings. The minimum absolute atomic E-state index is 0.00465. The number of carbonyl (C=O) groups excluding carboxylic acids is 2. The molecule has 5 rings (SSSR count). The normalized spacial score (nSPS) is 17.0. The molecule has 1 fully saturated rings. The van der Waals surface area contributed by atoms with Gasteiger partial charge in [-0.25, -0.2) is 4.98 Å². The smallest absolute Gasteiger partial charge is 0.301 e. The fraction of sp³-hybridized carbons (Fsp3) is 0.207. The van der Waals surface area contributed by atoms with Crippen LogP contribution in [0.5, 0.6) is 11.5 Å². The lowest BCUT2D eigenvalue weighted by molar-refractivity contribution is -0.132. The van der Waals surface area contributed by atoms with Crippen LogP contribution in [0.1, 0.15) is 33.9 Å². The number of Topliss-reactive ketones (excluding diaryl/α,β-unsaturated/α-hetero) is 1. The second kappa shape index (κ2) is 9.37. The number of carbonyl (C=O) groups is 2. The first-order valence-corrected chi connectivity index (χ1v) is 12.5. The predicted octanol–water partition coefficient (Wildman–Crippen LogP) is 5.87. The van der Waals surface area contributed by atoms with Crippen LogP contribution in [0.25, 0.3) is 16.0 Å². The molecule has 1 N–H and O–H groups in total. The summed E-state index contributed by atoms with van der Waals surface area (Å²) in [4.78, 5) is 33.2. The second-order valence-electron chi connectivity index (χ2n) is 9.06. The maximum atomic E-state index is 13.5. The number of aryl methyl sites for hydroxylation is 3. The van der Waals surface area contributed by atoms with Crippen molar-refractivity contribution in [2.75, 3.05) is 19.1 Å². The third kappa shape index (κ3) is 4.13. The molecule has 0 unspecified atom stereocenters. The number of rotatable bonds is 5. The Morgan fingerprint density at radius 2 is 1.76 bits per heavy atom. The number of methoxy groups -OCH3 is 2. The van der Waals surface area contributed by atoms with E-state index in [0.29, 0.717) is 27.8 Å². The average Bonchev–Trinajstić information content (AvgIpc) is 3.42. The summed E-state index contributed by atoms with van der Waals surface area (Å²) in [5.74, 6) is -0.549. The summed E-state index contributed by atoms with van der Waals surface area (Å²) < 4.78 is 11.7. The summed E-state index contributed by atoms with van der Waals surface area (Å²) in [7, 11) is 3.12. The van der Waals surface area contributed by atoms with Gasteiger partial charge in [0.05, 0.1) is 36.1 Å². The number of thiazole rings is 1. The van der Waals surface area contributed by atoms with Crippen LogP contribution in [0.15, 0.2) is 60.2 Å². The molecule has 3 aromatic carbocycles. The summed E-state index contributed by atoms with van der Waals surface area (Å²) in [6, 6.07) is 15.4. The highest BCUT2D eigenvalue weighted by atomic mass is 32.1. The molecule has 1 saturated heterocycles. The van der Waals surface area contributed by atoms with Crippen molar-refractivity contribution < 1.29 is 24.2 Å². The standard InChI is InChI=1S/C29H26N2O5S/c1-15-11-17(3)24-22(12-15)37-29(30-24)31-25(18-7-6-8-20(14-18)35-4)23(27(33)28(31)34)26(32)19-9-10-21(36-5)16(2)13-19/h6-14,25,32H,1-5H3/t25-/m1/s1. The number of anilines is 1. The minimum Gasteiger partial charge on any atom is -0.507 e. The van der Waals surface area contributed by atoms with E-state index in [2.05, 4.69) is 0 Å². The van der Waals surface area contributed by atoms with Crippen molar-refractivity contribution >= 4 is 44.1 Å². The fourth-order valence-corrected chi connectivity index (χ4v) is 5.97. The van der Waals surface area contributed by atoms with Crippen molar-refractivity contribution in [2.45, 2.75) is 26.8 Å². The number of hydrogen-bond acceptors (Lipinski definition) is 7. The molecular weight excluding hydrogens is 488 g/mol. The minimum atomic E-state index is -0.889. The highest BCUT2D eigenvalue weighted by Crippen LogP contribution is 2.45. The first kappa shape index (κ1) is 24.5. The molecular formula is C29H26N2O5S. The zero-order chi connectivity index (χ0) is 26.4. The number of amides is 1. The largest absolute Gasteiger partial charge is 0.507 e. The predicted molar refractivity (Wildman–Crippen MR) is 145 cm³/mol. The average molecular weight is 515 g/mol. The molecule has 4 aromatic rings. The van der Waals surface area contributed by atoms with Crippen molar-refractivity contribution in [3.05, 3.63) is 88.0 Å². The summed E-state index contributed by atoms with van der Waals surface area (Å²) in [6.45, 7) is 5.82. The van der Waals surface area contributed by atoms with E-state index in [0.717, 1.165) is 26.9 Å². The molecule has 188 valence electrons. The molecule has 0 radical (unpaired) electrons. The highest BCUT2D eigenvalue weighted by molar-refractivity contribution is 7.22. The highest BCUT2D eigenvalue weighted by Gasteiger charge is 2.48. The molecule has 1 amide bonds. The Kier molecular flexibility index (Phi) is 6.21. The van der Waals surface area contributed by atoms with Gasteiger partial charge in [0.2, 0.25) is 0 Å². The van der Waals surface area contributed by atoms with Crippen molar-refractivity contribution in [1.29, 1.82) is 0 Å². The molecule has 0 spiro atoms.